The van der Waals surface area contributed by atoms with Crippen molar-refractivity contribution >= 4 is 44.3 Å². The van der Waals surface area contributed by atoms with Crippen molar-refractivity contribution < 1.29 is 8.42 Å². The second kappa shape index (κ2) is 5.01. The number of hydrogen-bond acceptors (Lipinski definition) is 5. The zero-order valence-electron chi connectivity index (χ0n) is 9.03. The zero-order valence-corrected chi connectivity index (χ0v) is 11.5. The van der Waals surface area contributed by atoms with Crippen molar-refractivity contribution in [1.29, 1.82) is 0 Å². The number of hydrogen-bond donors (Lipinski definition) is 2. The quantitative estimate of drug-likeness (QED) is 0.837. The third-order valence-corrected chi connectivity index (χ3v) is 5.34. The molecule has 2 heterocycles. The van der Waals surface area contributed by atoms with Crippen LogP contribution in [0, 0.1) is 0 Å². The van der Waals surface area contributed by atoms with Gasteiger partial charge < -0.3 is 5.73 Å². The summed E-state index contributed by atoms with van der Waals surface area (Å²) < 4.78 is 26.6. The number of nitrogens with two attached hydrogens (primary N) is 1. The summed E-state index contributed by atoms with van der Waals surface area (Å²) in [5, 5.41) is 0. The zero-order chi connectivity index (χ0) is 13.2. The highest BCUT2D eigenvalue weighted by atomic mass is 32.2. The lowest BCUT2D eigenvalue weighted by Gasteiger charge is -2.04. The van der Waals surface area contributed by atoms with Gasteiger partial charge >= 0.3 is 0 Å². The molecule has 0 atom stereocenters. The van der Waals surface area contributed by atoms with E-state index >= 15 is 0 Å². The van der Waals surface area contributed by atoms with Crippen molar-refractivity contribution in [1.82, 2.24) is 4.98 Å². The van der Waals surface area contributed by atoms with Crippen molar-refractivity contribution in [2.45, 2.75) is 4.21 Å². The Morgan fingerprint density at radius 2 is 2.17 bits per heavy atom. The van der Waals surface area contributed by atoms with Crippen molar-refractivity contribution in [3.63, 3.8) is 0 Å². The van der Waals surface area contributed by atoms with Crippen molar-refractivity contribution in [2.75, 3.05) is 4.72 Å². The summed E-state index contributed by atoms with van der Waals surface area (Å²) in [4.78, 5) is 4.58. The fraction of sp³-hybridized carbons (Fsp3) is 0. The molecule has 8 heteroatoms. The highest BCUT2D eigenvalue weighted by molar-refractivity contribution is 7.94. The van der Waals surface area contributed by atoms with Gasteiger partial charge in [-0.15, -0.1) is 11.3 Å². The van der Waals surface area contributed by atoms with E-state index in [1.54, 1.807) is 24.4 Å². The minimum atomic E-state index is -3.61. The van der Waals surface area contributed by atoms with Crippen LogP contribution in [0.4, 0.5) is 5.69 Å². The van der Waals surface area contributed by atoms with Crippen LogP contribution < -0.4 is 10.5 Å². The molecule has 0 spiro atoms. The Hall–Kier alpha value is -1.51. The van der Waals surface area contributed by atoms with Gasteiger partial charge in [0.05, 0.1) is 16.8 Å². The summed E-state index contributed by atoms with van der Waals surface area (Å²) in [7, 11) is -3.61. The van der Waals surface area contributed by atoms with E-state index in [4.69, 9.17) is 18.0 Å². The van der Waals surface area contributed by atoms with Crippen LogP contribution in [0.3, 0.4) is 0 Å². The van der Waals surface area contributed by atoms with E-state index in [-0.39, 0.29) is 9.20 Å². The molecule has 94 valence electrons. The molecule has 3 N–H and O–H groups in total. The molecular formula is C10H9N3O2S3. The van der Waals surface area contributed by atoms with Gasteiger partial charge in [-0.2, -0.15) is 0 Å². The van der Waals surface area contributed by atoms with Crippen LogP contribution in [0.25, 0.3) is 0 Å². The third kappa shape index (κ3) is 2.84. The molecule has 0 aliphatic heterocycles. The van der Waals surface area contributed by atoms with Crippen LogP contribution in [0.5, 0.6) is 0 Å². The molecule has 0 fully saturated rings. The lowest BCUT2D eigenvalue weighted by Crippen LogP contribution is -2.11. The number of sulfonamides is 1. The minimum absolute atomic E-state index is 0.161. The molecule has 18 heavy (non-hydrogen) atoms. The molecule has 2 aromatic rings. The molecule has 0 unspecified atom stereocenters. The monoisotopic (exact) mass is 299 g/mol. The number of nitrogens with zero attached hydrogens (tertiary/aromatic N) is 1. The molecule has 5 nitrogen and oxygen atoms in total. The highest BCUT2D eigenvalue weighted by Gasteiger charge is 2.17. The van der Waals surface area contributed by atoms with Gasteiger partial charge in [-0.1, -0.05) is 12.2 Å². The largest absolute Gasteiger partial charge is 0.389 e. The molecular weight excluding hydrogens is 290 g/mol. The second-order valence-electron chi connectivity index (χ2n) is 3.33. The third-order valence-electron chi connectivity index (χ3n) is 2.00. The summed E-state index contributed by atoms with van der Waals surface area (Å²) in [6, 6.07) is 6.32. The van der Waals surface area contributed by atoms with Crippen LogP contribution in [0.1, 0.15) is 4.88 Å². The van der Waals surface area contributed by atoms with E-state index in [1.807, 2.05) is 0 Å². The number of nitrogens with one attached hydrogen (secondary N) is 1. The number of pyridine rings is 1. The standard InChI is InChI=1S/C10H9N3O2S3/c11-10(16)8-3-4-9(17-8)18(14,15)13-7-2-1-5-12-6-7/h1-6,13H,(H2,11,16). The Labute approximate surface area is 114 Å². The molecule has 0 bridgehead atoms. The Morgan fingerprint density at radius 3 is 2.72 bits per heavy atom. The van der Waals surface area contributed by atoms with Crippen molar-refractivity contribution in [2.24, 2.45) is 5.73 Å². The van der Waals surface area contributed by atoms with E-state index in [9.17, 15) is 8.42 Å². The Balaban J connectivity index is 2.28. The number of anilines is 1. The van der Waals surface area contributed by atoms with Gasteiger partial charge in [0.25, 0.3) is 10.0 Å². The molecule has 0 aliphatic rings. The molecule has 0 radical (unpaired) electrons. The Morgan fingerprint density at radius 1 is 1.39 bits per heavy atom. The fourth-order valence-electron chi connectivity index (χ4n) is 1.23. The predicted octanol–water partition coefficient (Wildman–Crippen LogP) is 1.58. The molecule has 0 saturated heterocycles. The number of thiocarbonyl (C=S) groups is 1. The van der Waals surface area contributed by atoms with Crippen LogP contribution in [0.2, 0.25) is 0 Å². The maximum absolute atomic E-state index is 12.0. The minimum Gasteiger partial charge on any atom is -0.389 e. The smallest absolute Gasteiger partial charge is 0.271 e. The summed E-state index contributed by atoms with van der Waals surface area (Å²) in [6.45, 7) is 0. The SMILES string of the molecule is NC(=S)c1ccc(S(=O)(=O)Nc2cccnc2)s1. The van der Waals surface area contributed by atoms with Crippen LogP contribution in [0.15, 0.2) is 40.9 Å². The van der Waals surface area contributed by atoms with E-state index in [0.717, 1.165) is 11.3 Å². The van der Waals surface area contributed by atoms with Gasteiger partial charge in [-0.25, -0.2) is 8.42 Å². The Kier molecular flexibility index (Phi) is 3.60. The molecule has 2 aromatic heterocycles. The topological polar surface area (TPSA) is 85.1 Å². The van der Waals surface area contributed by atoms with E-state index < -0.39 is 10.0 Å². The second-order valence-corrected chi connectivity index (χ2v) is 6.76. The van der Waals surface area contributed by atoms with Crippen LogP contribution in [-0.4, -0.2) is 18.4 Å². The summed E-state index contributed by atoms with van der Waals surface area (Å²) in [5.41, 5.74) is 5.84. The van der Waals surface area contributed by atoms with Gasteiger partial charge in [0.1, 0.15) is 9.20 Å². The first-order valence-electron chi connectivity index (χ1n) is 4.81. The van der Waals surface area contributed by atoms with Crippen LogP contribution in [-0.2, 0) is 10.0 Å². The number of aromatic nitrogens is 1. The molecule has 0 aliphatic carbocycles. The van der Waals surface area contributed by atoms with Crippen LogP contribution >= 0.6 is 23.6 Å². The highest BCUT2D eigenvalue weighted by Crippen LogP contribution is 2.23. The lowest BCUT2D eigenvalue weighted by atomic mass is 10.4. The van der Waals surface area contributed by atoms with Gasteiger partial charge in [-0.3, -0.25) is 9.71 Å². The Bertz CT molecular complexity index is 665. The summed E-state index contributed by atoms with van der Waals surface area (Å²) >= 11 is 5.82. The first kappa shape index (κ1) is 12.9. The summed E-state index contributed by atoms with van der Waals surface area (Å²) in [6.07, 6.45) is 2.99. The first-order chi connectivity index (χ1) is 8.49. The van der Waals surface area contributed by atoms with Crippen molar-refractivity contribution in [3.8, 4) is 0 Å². The van der Waals surface area contributed by atoms with E-state index in [2.05, 4.69) is 9.71 Å². The predicted molar refractivity (Wildman–Crippen MR) is 75.3 cm³/mol. The van der Waals surface area contributed by atoms with Gasteiger partial charge in [0.15, 0.2) is 0 Å². The first-order valence-corrected chi connectivity index (χ1v) is 7.52. The summed E-state index contributed by atoms with van der Waals surface area (Å²) in [5.74, 6) is 0. The molecule has 0 aromatic carbocycles. The van der Waals surface area contributed by atoms with E-state index in [0.29, 0.717) is 10.6 Å². The molecule has 0 saturated carbocycles. The maximum atomic E-state index is 12.0. The fourth-order valence-corrected chi connectivity index (χ4v) is 3.62. The van der Waals surface area contributed by atoms with Gasteiger partial charge in [0.2, 0.25) is 0 Å². The van der Waals surface area contributed by atoms with Crippen molar-refractivity contribution in [3.05, 3.63) is 41.5 Å². The number of thiophene rings is 1. The average Bonchev–Trinajstić information content (AvgIpc) is 2.79. The molecule has 0 amide bonds. The number of rotatable bonds is 4. The van der Waals surface area contributed by atoms with Gasteiger partial charge in [0, 0.05) is 6.20 Å². The maximum Gasteiger partial charge on any atom is 0.271 e. The van der Waals surface area contributed by atoms with E-state index in [1.165, 1.54) is 12.3 Å². The molecule has 2 rings (SSSR count). The lowest BCUT2D eigenvalue weighted by molar-refractivity contribution is 0.603. The normalized spacial score (nSPS) is 11.1. The average molecular weight is 299 g/mol. The van der Waals surface area contributed by atoms with Gasteiger partial charge in [-0.05, 0) is 24.3 Å².